The number of nitrogens with zero attached hydrogens (tertiary/aromatic N) is 1. The summed E-state index contributed by atoms with van der Waals surface area (Å²) in [4.78, 5) is 38.8. The fourth-order valence-electron chi connectivity index (χ4n) is 2.12. The number of methoxy groups -OCH3 is 1. The first-order valence-electron chi connectivity index (χ1n) is 7.16. The molecule has 0 aliphatic heterocycles. The highest BCUT2D eigenvalue weighted by molar-refractivity contribution is 5.96. The third-order valence-corrected chi connectivity index (χ3v) is 3.70. The van der Waals surface area contributed by atoms with Crippen LogP contribution in [-0.4, -0.2) is 48.2 Å². The van der Waals surface area contributed by atoms with Gasteiger partial charge in [-0.25, -0.2) is 9.78 Å². The van der Waals surface area contributed by atoms with Crippen LogP contribution in [0.5, 0.6) is 5.75 Å². The van der Waals surface area contributed by atoms with Crippen LogP contribution < -0.4 is 10.1 Å². The third-order valence-electron chi connectivity index (χ3n) is 3.70. The molecule has 2 N–H and O–H groups in total. The van der Waals surface area contributed by atoms with Crippen LogP contribution in [-0.2, 0) is 9.53 Å². The number of carbonyl (C=O) groups excluding carboxylic acids is 2. The minimum atomic E-state index is -1.19. The summed E-state index contributed by atoms with van der Waals surface area (Å²) in [5.41, 5.74) is -0.753. The Kier molecular flexibility index (Phi) is 4.83. The molecule has 2 rings (SSSR count). The second kappa shape index (κ2) is 6.64. The van der Waals surface area contributed by atoms with E-state index >= 15 is 0 Å². The number of aromatic carboxylic acids is 1. The molecule has 0 atom stereocenters. The van der Waals surface area contributed by atoms with Gasteiger partial charge in [-0.05, 0) is 19.8 Å². The first-order valence-corrected chi connectivity index (χ1v) is 7.16. The Balaban J connectivity index is 2.04. The molecule has 1 saturated carbocycles. The largest absolute Gasteiger partial charge is 0.496 e. The van der Waals surface area contributed by atoms with Gasteiger partial charge in [-0.3, -0.25) is 9.59 Å². The van der Waals surface area contributed by atoms with Gasteiger partial charge in [0.1, 0.15) is 17.0 Å². The number of carboxylic acid groups (broad SMARTS) is 1. The fraction of sp³-hybridized carbons (Fsp3) is 0.467. The molecule has 124 valence electrons. The lowest BCUT2D eigenvalue weighted by atomic mass is 10.1. The van der Waals surface area contributed by atoms with Crippen molar-refractivity contribution < 1.29 is 29.0 Å². The van der Waals surface area contributed by atoms with E-state index in [2.05, 4.69) is 10.3 Å². The number of hydrogen-bond donors (Lipinski definition) is 2. The average Bonchev–Trinajstić information content (AvgIpc) is 3.33. The predicted molar refractivity (Wildman–Crippen MR) is 78.4 cm³/mol. The van der Waals surface area contributed by atoms with Crippen molar-refractivity contribution in [2.45, 2.75) is 19.8 Å². The van der Waals surface area contributed by atoms with Crippen LogP contribution in [0.1, 0.15) is 40.6 Å². The van der Waals surface area contributed by atoms with Gasteiger partial charge >= 0.3 is 11.9 Å². The second-order valence-corrected chi connectivity index (χ2v) is 5.26. The quantitative estimate of drug-likeness (QED) is 0.715. The van der Waals surface area contributed by atoms with Crippen LogP contribution in [0.2, 0.25) is 0 Å². The Morgan fingerprint density at radius 3 is 2.61 bits per heavy atom. The number of amides is 1. The van der Waals surface area contributed by atoms with E-state index < -0.39 is 17.3 Å². The molecular weight excluding hydrogens is 304 g/mol. The lowest BCUT2D eigenvalue weighted by molar-refractivity contribution is -0.149. The Morgan fingerprint density at radius 2 is 2.09 bits per heavy atom. The molecule has 8 heteroatoms. The molecule has 1 amide bonds. The molecule has 1 aromatic rings. The van der Waals surface area contributed by atoms with Crippen LogP contribution in [0.25, 0.3) is 0 Å². The lowest BCUT2D eigenvalue weighted by Crippen LogP contribution is -2.35. The summed E-state index contributed by atoms with van der Waals surface area (Å²) < 4.78 is 9.95. The highest BCUT2D eigenvalue weighted by atomic mass is 16.5. The minimum absolute atomic E-state index is 0.0199. The highest BCUT2D eigenvalue weighted by Crippen LogP contribution is 2.46. The van der Waals surface area contributed by atoms with Gasteiger partial charge in [0, 0.05) is 18.8 Å². The molecule has 8 nitrogen and oxygen atoms in total. The lowest BCUT2D eigenvalue weighted by Gasteiger charge is -2.14. The Morgan fingerprint density at radius 1 is 1.39 bits per heavy atom. The van der Waals surface area contributed by atoms with E-state index in [1.165, 1.54) is 13.2 Å². The number of rotatable bonds is 7. The zero-order valence-corrected chi connectivity index (χ0v) is 12.9. The molecule has 1 aliphatic carbocycles. The van der Waals surface area contributed by atoms with Gasteiger partial charge in [0.15, 0.2) is 0 Å². The fourth-order valence-corrected chi connectivity index (χ4v) is 2.12. The molecule has 0 spiro atoms. The molecular formula is C15H18N2O6. The molecule has 1 heterocycles. The smallest absolute Gasteiger partial charge is 0.341 e. The summed E-state index contributed by atoms with van der Waals surface area (Å²) in [5, 5.41) is 11.6. The topological polar surface area (TPSA) is 115 Å². The summed E-state index contributed by atoms with van der Waals surface area (Å²) in [6.45, 7) is 2.19. The van der Waals surface area contributed by atoms with Gasteiger partial charge in [-0.15, -0.1) is 0 Å². The maximum Gasteiger partial charge on any atom is 0.341 e. The van der Waals surface area contributed by atoms with Crippen molar-refractivity contribution in [2.24, 2.45) is 5.41 Å². The van der Waals surface area contributed by atoms with Gasteiger partial charge < -0.3 is 19.9 Å². The van der Waals surface area contributed by atoms with Gasteiger partial charge in [-0.1, -0.05) is 0 Å². The van der Waals surface area contributed by atoms with Gasteiger partial charge in [0.25, 0.3) is 5.91 Å². The second-order valence-electron chi connectivity index (χ2n) is 5.26. The summed E-state index contributed by atoms with van der Waals surface area (Å²) in [6.07, 6.45) is 2.40. The van der Waals surface area contributed by atoms with E-state index in [0.717, 1.165) is 6.20 Å². The Labute approximate surface area is 132 Å². The maximum atomic E-state index is 12.1. The number of hydrogen-bond acceptors (Lipinski definition) is 6. The molecule has 0 aromatic carbocycles. The summed E-state index contributed by atoms with van der Waals surface area (Å²) in [5.74, 6) is -1.97. The SMILES string of the molecule is CCOC(=O)C1(CNC(=O)c2cc(OC)c(C(=O)O)cn2)CC1. The first-order chi connectivity index (χ1) is 10.9. The van der Waals surface area contributed by atoms with Crippen molar-refractivity contribution in [3.63, 3.8) is 0 Å². The zero-order valence-electron chi connectivity index (χ0n) is 12.9. The Bertz CT molecular complexity index is 639. The van der Waals surface area contributed by atoms with E-state index in [9.17, 15) is 14.4 Å². The number of ether oxygens (including phenoxy) is 2. The number of nitrogens with one attached hydrogen (secondary N) is 1. The van der Waals surface area contributed by atoms with E-state index in [1.807, 2.05) is 0 Å². The highest BCUT2D eigenvalue weighted by Gasteiger charge is 2.51. The molecule has 1 aliphatic rings. The monoisotopic (exact) mass is 322 g/mol. The molecule has 0 saturated heterocycles. The van der Waals surface area contributed by atoms with Crippen molar-refractivity contribution in [1.29, 1.82) is 0 Å². The van der Waals surface area contributed by atoms with E-state index in [0.29, 0.717) is 19.4 Å². The van der Waals surface area contributed by atoms with Gasteiger partial charge in [-0.2, -0.15) is 0 Å². The van der Waals surface area contributed by atoms with Crippen molar-refractivity contribution in [3.05, 3.63) is 23.5 Å². The number of aromatic nitrogens is 1. The van der Waals surface area contributed by atoms with Gasteiger partial charge in [0.05, 0.1) is 19.1 Å². The van der Waals surface area contributed by atoms with Crippen LogP contribution in [0, 0.1) is 5.41 Å². The molecule has 1 fully saturated rings. The van der Waals surface area contributed by atoms with Crippen molar-refractivity contribution >= 4 is 17.8 Å². The van der Waals surface area contributed by atoms with Crippen LogP contribution in [0.3, 0.4) is 0 Å². The van der Waals surface area contributed by atoms with Crippen LogP contribution in [0.4, 0.5) is 0 Å². The summed E-state index contributed by atoms with van der Waals surface area (Å²) in [6, 6.07) is 1.25. The van der Waals surface area contributed by atoms with Crippen molar-refractivity contribution in [3.8, 4) is 5.75 Å². The van der Waals surface area contributed by atoms with Gasteiger partial charge in [0.2, 0.25) is 0 Å². The van der Waals surface area contributed by atoms with Crippen LogP contribution >= 0.6 is 0 Å². The van der Waals surface area contributed by atoms with E-state index in [1.54, 1.807) is 6.92 Å². The van der Waals surface area contributed by atoms with E-state index in [4.69, 9.17) is 14.6 Å². The first kappa shape index (κ1) is 16.7. The zero-order chi connectivity index (χ0) is 17.0. The predicted octanol–water partition coefficient (Wildman–Crippen LogP) is 0.861. The molecule has 23 heavy (non-hydrogen) atoms. The van der Waals surface area contributed by atoms with Crippen molar-refractivity contribution in [1.82, 2.24) is 10.3 Å². The van der Waals surface area contributed by atoms with Crippen molar-refractivity contribution in [2.75, 3.05) is 20.3 Å². The average molecular weight is 322 g/mol. The van der Waals surface area contributed by atoms with Crippen LogP contribution in [0.15, 0.2) is 12.3 Å². The molecule has 1 aromatic heterocycles. The molecule has 0 radical (unpaired) electrons. The molecule has 0 bridgehead atoms. The van der Waals surface area contributed by atoms with E-state index in [-0.39, 0.29) is 29.5 Å². The number of carbonyl (C=O) groups is 3. The number of pyridine rings is 1. The number of esters is 1. The minimum Gasteiger partial charge on any atom is -0.496 e. The summed E-state index contributed by atoms with van der Waals surface area (Å²) in [7, 11) is 1.31. The third kappa shape index (κ3) is 3.58. The summed E-state index contributed by atoms with van der Waals surface area (Å²) >= 11 is 0. The normalized spacial score (nSPS) is 14.7. The molecule has 0 unspecified atom stereocenters. The standard InChI is InChI=1S/C15H18N2O6/c1-3-23-14(21)15(4-5-15)8-17-12(18)10-6-11(22-2)9(7-16-10)13(19)20/h6-7H,3-5,8H2,1-2H3,(H,17,18)(H,19,20). The Hall–Kier alpha value is -2.64. The number of carboxylic acids is 1. The maximum absolute atomic E-state index is 12.1.